The monoisotopic (exact) mass is 956 g/mol. The van der Waals surface area contributed by atoms with Gasteiger partial charge in [0.1, 0.15) is 0 Å². The average molecular weight is 959 g/mol. The molecule has 0 amide bonds. The van der Waals surface area contributed by atoms with Crippen LogP contribution in [0.3, 0.4) is 0 Å². The van der Waals surface area contributed by atoms with Crippen molar-refractivity contribution in [3.63, 3.8) is 0 Å². The fourth-order valence-corrected chi connectivity index (χ4v) is 37.6. The van der Waals surface area contributed by atoms with Crippen molar-refractivity contribution in [3.8, 4) is 22.3 Å². The third-order valence-corrected chi connectivity index (χ3v) is 36.8. The van der Waals surface area contributed by atoms with Gasteiger partial charge in [0.15, 0.2) is 0 Å². The maximum absolute atomic E-state index is 3.79. The zero-order valence-corrected chi connectivity index (χ0v) is 43.9. The van der Waals surface area contributed by atoms with Crippen LogP contribution in [0.5, 0.6) is 0 Å². The normalized spacial score (nSPS) is 33.9. The summed E-state index contributed by atoms with van der Waals surface area (Å²) in [5.41, 5.74) is 19.7. The quantitative estimate of drug-likeness (QED) is 0.147. The number of halogens is 2. The molecule has 4 heteroatoms. The SMILES string of the molecule is CCC1=Cc2c(-c3ccc(C45CC6CC(CC(C6)C4)C5)cc3)cccc2[CH]1[Zr]([CH3])([CH3])(=[SiH2])[CH]1C(C(C)CC)=Cc2c(-c3ccc(C45CC6CC(CC(C6)C4)C5)cc3)cccc21.Cl.Cl. The van der Waals surface area contributed by atoms with E-state index in [2.05, 4.69) is 134 Å². The molecule has 4 aromatic carbocycles. The average Bonchev–Trinajstić information content (AvgIpc) is 3.84. The van der Waals surface area contributed by atoms with Gasteiger partial charge in [-0.05, 0) is 0 Å². The Morgan fingerprint density at radius 1 is 0.548 bits per heavy atom. The van der Waals surface area contributed by atoms with E-state index in [-0.39, 0.29) is 24.8 Å². The van der Waals surface area contributed by atoms with Crippen molar-refractivity contribution in [2.75, 3.05) is 0 Å². The van der Waals surface area contributed by atoms with Gasteiger partial charge in [-0.3, -0.25) is 0 Å². The number of hydrogen-bond donors (Lipinski definition) is 0. The van der Waals surface area contributed by atoms with Crippen molar-refractivity contribution < 1.29 is 17.4 Å². The van der Waals surface area contributed by atoms with Gasteiger partial charge in [-0.25, -0.2) is 0 Å². The Hall–Kier alpha value is -1.96. The summed E-state index contributed by atoms with van der Waals surface area (Å²) in [4.78, 5) is 0. The molecule has 0 aliphatic heterocycles. The Kier molecular flexibility index (Phi) is 11.0. The molecule has 8 saturated carbocycles. The topological polar surface area (TPSA) is 0 Å². The zero-order chi connectivity index (χ0) is 40.8. The van der Waals surface area contributed by atoms with Gasteiger partial charge in [-0.2, -0.15) is 0 Å². The van der Waals surface area contributed by atoms with Crippen LogP contribution in [0.2, 0.25) is 9.26 Å². The maximum atomic E-state index is 2.86. The molecule has 0 saturated heterocycles. The van der Waals surface area contributed by atoms with Gasteiger partial charge in [-0.15, -0.1) is 24.8 Å². The van der Waals surface area contributed by atoms with Crippen molar-refractivity contribution in [2.24, 2.45) is 41.4 Å². The molecule has 8 fully saturated rings. The van der Waals surface area contributed by atoms with Gasteiger partial charge in [-0.1, -0.05) is 0 Å². The smallest absolute Gasteiger partial charge is 0.147 e. The molecule has 326 valence electrons. The molecule has 0 radical (unpaired) electrons. The number of hydrogen-bond acceptors (Lipinski definition) is 0. The largest absolute Gasteiger partial charge is 0.147 e. The summed E-state index contributed by atoms with van der Waals surface area (Å²) in [5.74, 6) is 6.46. The summed E-state index contributed by atoms with van der Waals surface area (Å²) in [6, 6.07) is 35.2. The second kappa shape index (κ2) is 15.6. The minimum atomic E-state index is -3.79. The number of rotatable bonds is 9. The second-order valence-electron chi connectivity index (χ2n) is 24.0. The third-order valence-electron chi connectivity index (χ3n) is 19.4. The Morgan fingerprint density at radius 2 is 0.935 bits per heavy atom. The van der Waals surface area contributed by atoms with E-state index in [9.17, 15) is 0 Å². The van der Waals surface area contributed by atoms with E-state index in [0.717, 1.165) is 41.9 Å². The molecule has 0 nitrogen and oxygen atoms in total. The van der Waals surface area contributed by atoms with E-state index in [1.165, 1.54) is 117 Å². The Morgan fingerprint density at radius 3 is 1.32 bits per heavy atom. The maximum Gasteiger partial charge on any atom is -0.147 e. The fourth-order valence-electron chi connectivity index (χ4n) is 17.6. The summed E-state index contributed by atoms with van der Waals surface area (Å²) in [6.07, 6.45) is 25.4. The standard InChI is InChI=1S/C29H33.C27H29.2CH3.2ClH.H2Si.Zr/c1-3-19(2)25-14-24-5-4-6-27(28(24)15-25)23-7-9-26(10-8-23)29-16-20-11-21(17-29)13-22(12-20)18-29;1-2-18-13-23-4-3-5-25(26(23)14-18)22-6-8-24(9-7-22)27-15-19-10-20(16-27)12-21(11-19)17-27;;;;;;/h4-10,14-15,19-22H,3,11-13,16-18H2,1-2H3;3-9,13-14,19-21H,2,10-12,15-17H2,1H3;2*1H3;2*1H;1H2;. The molecule has 10 aliphatic carbocycles. The number of fused-ring (bicyclic) bond motifs is 2. The molecule has 0 N–H and O–H groups in total. The molecule has 3 unspecified atom stereocenters. The van der Waals surface area contributed by atoms with Crippen molar-refractivity contribution >= 4 is 43.8 Å². The minimum absolute atomic E-state index is 0. The summed E-state index contributed by atoms with van der Waals surface area (Å²) < 4.78 is 6.80. The molecule has 0 spiro atoms. The van der Waals surface area contributed by atoms with Crippen LogP contribution in [-0.2, 0) is 28.2 Å². The van der Waals surface area contributed by atoms with Gasteiger partial charge in [0, 0.05) is 0 Å². The molecule has 62 heavy (non-hydrogen) atoms. The van der Waals surface area contributed by atoms with Gasteiger partial charge in [0.25, 0.3) is 0 Å². The first kappa shape index (κ1) is 43.9. The van der Waals surface area contributed by atoms with Gasteiger partial charge >= 0.3 is 368 Å². The first-order valence-corrected chi connectivity index (χ1v) is 38.6. The van der Waals surface area contributed by atoms with E-state index in [0.29, 0.717) is 24.0 Å². The summed E-state index contributed by atoms with van der Waals surface area (Å²) in [6.45, 7) is 9.93. The van der Waals surface area contributed by atoms with E-state index in [1.807, 2.05) is 0 Å². The Balaban J connectivity index is 0.00000229. The van der Waals surface area contributed by atoms with Crippen molar-refractivity contribution in [1.29, 1.82) is 0 Å². The Labute approximate surface area is 389 Å². The van der Waals surface area contributed by atoms with Crippen LogP contribution < -0.4 is 0 Å². The van der Waals surface area contributed by atoms with E-state index < -0.39 is 17.4 Å². The molecule has 3 atom stereocenters. The van der Waals surface area contributed by atoms with Crippen LogP contribution in [0.1, 0.15) is 151 Å². The molecule has 14 rings (SSSR count). The summed E-state index contributed by atoms with van der Waals surface area (Å²) >= 11 is -3.79. The molecule has 0 aromatic heterocycles. The predicted octanol–water partition coefficient (Wildman–Crippen LogP) is 16.2. The molecule has 0 heterocycles. The number of benzene rings is 4. The molecular formula is C58H72Cl2SiZr. The second-order valence-corrected chi connectivity index (χ2v) is 54.5. The van der Waals surface area contributed by atoms with E-state index >= 15 is 0 Å². The summed E-state index contributed by atoms with van der Waals surface area (Å²) in [5, 5.41) is 0. The fraction of sp³-hybridized carbons (Fsp3) is 0.517. The minimum Gasteiger partial charge on any atom is -0.147 e. The van der Waals surface area contributed by atoms with Gasteiger partial charge < -0.3 is 0 Å². The third kappa shape index (κ3) is 6.69. The van der Waals surface area contributed by atoms with Crippen LogP contribution in [0.25, 0.3) is 34.4 Å². The van der Waals surface area contributed by atoms with Gasteiger partial charge in [0.05, 0.1) is 0 Å². The first-order valence-electron chi connectivity index (χ1n) is 24.9. The first-order chi connectivity index (χ1) is 28.9. The van der Waals surface area contributed by atoms with Crippen LogP contribution in [-0.4, -0.2) is 6.88 Å². The van der Waals surface area contributed by atoms with Crippen LogP contribution in [0, 0.1) is 41.4 Å². The summed E-state index contributed by atoms with van der Waals surface area (Å²) in [7, 11) is 0. The van der Waals surface area contributed by atoms with Crippen LogP contribution in [0.15, 0.2) is 96.1 Å². The molecule has 10 aliphatic rings. The van der Waals surface area contributed by atoms with Crippen molar-refractivity contribution in [3.05, 3.63) is 129 Å². The van der Waals surface area contributed by atoms with E-state index in [1.54, 1.807) is 33.4 Å². The molecule has 8 bridgehead atoms. The van der Waals surface area contributed by atoms with Gasteiger partial charge in [0.2, 0.25) is 0 Å². The van der Waals surface area contributed by atoms with Crippen LogP contribution in [0.4, 0.5) is 0 Å². The molecular weight excluding hydrogens is 887 g/mol. The zero-order valence-electron chi connectivity index (χ0n) is 38.4. The number of allylic oxidation sites excluding steroid dienone is 2. The molecule has 4 aromatic rings. The van der Waals surface area contributed by atoms with Crippen molar-refractivity contribution in [2.45, 2.75) is 138 Å². The predicted molar refractivity (Wildman–Crippen MR) is 269 cm³/mol. The van der Waals surface area contributed by atoms with E-state index in [4.69, 9.17) is 0 Å². The van der Waals surface area contributed by atoms with Crippen molar-refractivity contribution in [1.82, 2.24) is 0 Å². The Bertz CT molecular complexity index is 2460. The van der Waals surface area contributed by atoms with Crippen LogP contribution >= 0.6 is 24.8 Å².